The van der Waals surface area contributed by atoms with E-state index in [4.69, 9.17) is 0 Å². The van der Waals surface area contributed by atoms with Gasteiger partial charge in [0.2, 0.25) is 5.91 Å². The molecule has 0 unspecified atom stereocenters. The number of carbonyl (C=O) groups is 1. The highest BCUT2D eigenvalue weighted by Crippen LogP contribution is 2.27. The fourth-order valence-electron chi connectivity index (χ4n) is 2.31. The monoisotopic (exact) mass is 314 g/mol. The van der Waals surface area contributed by atoms with Crippen molar-refractivity contribution in [3.05, 3.63) is 17.0 Å². The molecule has 0 bridgehead atoms. The minimum absolute atomic E-state index is 0.0144. The second-order valence-electron chi connectivity index (χ2n) is 5.35. The van der Waals surface area contributed by atoms with Crippen molar-refractivity contribution in [3.63, 3.8) is 0 Å². The van der Waals surface area contributed by atoms with Crippen LogP contribution in [0.25, 0.3) is 0 Å². The van der Waals surface area contributed by atoms with Crippen molar-refractivity contribution in [3.8, 4) is 0 Å². The summed E-state index contributed by atoms with van der Waals surface area (Å²) < 4.78 is 26.6. The van der Waals surface area contributed by atoms with E-state index in [9.17, 15) is 13.2 Å². The molecule has 1 saturated carbocycles. The predicted molar refractivity (Wildman–Crippen MR) is 77.2 cm³/mol. The van der Waals surface area contributed by atoms with Crippen molar-refractivity contribution in [2.24, 2.45) is 0 Å². The molecule has 0 spiro atoms. The topological polar surface area (TPSA) is 66.5 Å². The van der Waals surface area contributed by atoms with Gasteiger partial charge in [-0.05, 0) is 37.8 Å². The lowest BCUT2D eigenvalue weighted by molar-refractivity contribution is -0.120. The number of hydrogen-bond donors (Lipinski definition) is 1. The third-order valence-corrected chi connectivity index (χ3v) is 7.02. The zero-order chi connectivity index (χ0) is 14.2. The van der Waals surface area contributed by atoms with Gasteiger partial charge in [-0.3, -0.25) is 4.79 Å². The molecular formula is C13H18N2O3S2. The number of nitrogens with one attached hydrogen (secondary N) is 1. The summed E-state index contributed by atoms with van der Waals surface area (Å²) in [5, 5.41) is 2.91. The zero-order valence-electron chi connectivity index (χ0n) is 11.2. The van der Waals surface area contributed by atoms with Crippen LogP contribution in [0, 0.1) is 0 Å². The van der Waals surface area contributed by atoms with Crippen LogP contribution in [0.2, 0.25) is 0 Å². The summed E-state index contributed by atoms with van der Waals surface area (Å²) in [4.78, 5) is 12.5. The molecule has 2 heterocycles. The lowest BCUT2D eigenvalue weighted by Crippen LogP contribution is -2.27. The SMILES string of the molecule is O=C(Cc1ccc(S(=O)(=O)N2CCCC2)s1)NC1CC1. The molecule has 0 atom stereocenters. The standard InChI is InChI=1S/C13H18N2O3S2/c16-12(14-10-3-4-10)9-11-5-6-13(19-11)20(17,18)15-7-1-2-8-15/h5-6,10H,1-4,7-9H2,(H,14,16). The van der Waals surface area contributed by atoms with Crippen LogP contribution in [0.15, 0.2) is 16.3 Å². The second kappa shape index (κ2) is 5.46. The molecule has 5 nitrogen and oxygen atoms in total. The summed E-state index contributed by atoms with van der Waals surface area (Å²) in [6, 6.07) is 3.72. The predicted octanol–water partition coefficient (Wildman–Crippen LogP) is 1.35. The van der Waals surface area contributed by atoms with Gasteiger partial charge < -0.3 is 5.32 Å². The van der Waals surface area contributed by atoms with Crippen LogP contribution in [-0.2, 0) is 21.2 Å². The highest BCUT2D eigenvalue weighted by atomic mass is 32.2. The van der Waals surface area contributed by atoms with Crippen LogP contribution >= 0.6 is 11.3 Å². The van der Waals surface area contributed by atoms with Crippen LogP contribution < -0.4 is 5.32 Å². The summed E-state index contributed by atoms with van der Waals surface area (Å²) in [6.45, 7) is 1.22. The van der Waals surface area contributed by atoms with Gasteiger partial charge in [0.15, 0.2) is 0 Å². The third-order valence-electron chi connectivity index (χ3n) is 3.57. The summed E-state index contributed by atoms with van der Waals surface area (Å²) in [7, 11) is -3.34. The van der Waals surface area contributed by atoms with Crippen LogP contribution in [0.1, 0.15) is 30.6 Å². The van der Waals surface area contributed by atoms with E-state index in [1.807, 2.05) is 0 Å². The van der Waals surface area contributed by atoms with Gasteiger partial charge in [-0.2, -0.15) is 4.31 Å². The van der Waals surface area contributed by atoms with Crippen molar-refractivity contribution in [2.75, 3.05) is 13.1 Å². The number of rotatable bonds is 5. The Labute approximate surface area is 123 Å². The third kappa shape index (κ3) is 3.05. The molecule has 0 aromatic carbocycles. The molecule has 1 aliphatic carbocycles. The van der Waals surface area contributed by atoms with Crippen molar-refractivity contribution in [1.29, 1.82) is 0 Å². The Balaban J connectivity index is 1.67. The molecule has 1 saturated heterocycles. The molecule has 1 aliphatic heterocycles. The average molecular weight is 314 g/mol. The number of thiophene rings is 1. The van der Waals surface area contributed by atoms with Gasteiger partial charge in [0.05, 0.1) is 6.42 Å². The van der Waals surface area contributed by atoms with E-state index in [1.54, 1.807) is 12.1 Å². The van der Waals surface area contributed by atoms with Crippen LogP contribution in [0.3, 0.4) is 0 Å². The second-order valence-corrected chi connectivity index (χ2v) is 8.68. The van der Waals surface area contributed by atoms with Crippen LogP contribution in [0.4, 0.5) is 0 Å². The van der Waals surface area contributed by atoms with E-state index in [0.29, 0.717) is 23.3 Å². The van der Waals surface area contributed by atoms with Gasteiger partial charge in [-0.25, -0.2) is 8.42 Å². The Bertz CT molecular complexity index is 599. The van der Waals surface area contributed by atoms with Crippen molar-refractivity contribution in [2.45, 2.75) is 42.4 Å². The van der Waals surface area contributed by atoms with E-state index < -0.39 is 10.0 Å². The van der Waals surface area contributed by atoms with Crippen LogP contribution in [0.5, 0.6) is 0 Å². The summed E-state index contributed by atoms with van der Waals surface area (Å²) in [5.74, 6) is -0.0144. The number of nitrogens with zero attached hydrogens (tertiary/aromatic N) is 1. The molecule has 1 aromatic heterocycles. The highest BCUT2D eigenvalue weighted by Gasteiger charge is 2.29. The lowest BCUT2D eigenvalue weighted by Gasteiger charge is -2.13. The molecule has 3 rings (SSSR count). The van der Waals surface area contributed by atoms with E-state index in [0.717, 1.165) is 30.6 Å². The smallest absolute Gasteiger partial charge is 0.252 e. The highest BCUT2D eigenvalue weighted by molar-refractivity contribution is 7.91. The molecular weight excluding hydrogens is 296 g/mol. The van der Waals surface area contributed by atoms with E-state index in [1.165, 1.54) is 15.6 Å². The average Bonchev–Trinajstić information content (AvgIpc) is 2.91. The number of carbonyl (C=O) groups excluding carboxylic acids is 1. The largest absolute Gasteiger partial charge is 0.353 e. The normalized spacial score (nSPS) is 20.2. The van der Waals surface area contributed by atoms with Gasteiger partial charge in [-0.1, -0.05) is 0 Å². The van der Waals surface area contributed by atoms with Crippen molar-refractivity contribution >= 4 is 27.3 Å². The molecule has 7 heteroatoms. The van der Waals surface area contributed by atoms with Gasteiger partial charge in [0.1, 0.15) is 4.21 Å². The molecule has 20 heavy (non-hydrogen) atoms. The molecule has 1 amide bonds. The lowest BCUT2D eigenvalue weighted by atomic mass is 10.3. The maximum Gasteiger partial charge on any atom is 0.252 e. The summed E-state index contributed by atoms with van der Waals surface area (Å²) >= 11 is 1.21. The maximum atomic E-state index is 12.4. The van der Waals surface area contributed by atoms with Gasteiger partial charge in [0, 0.05) is 24.0 Å². The summed E-state index contributed by atoms with van der Waals surface area (Å²) in [6.07, 6.45) is 4.26. The fraction of sp³-hybridized carbons (Fsp3) is 0.615. The zero-order valence-corrected chi connectivity index (χ0v) is 12.8. The van der Waals surface area contributed by atoms with E-state index >= 15 is 0 Å². The van der Waals surface area contributed by atoms with Gasteiger partial charge >= 0.3 is 0 Å². The first kappa shape index (κ1) is 14.0. The molecule has 1 aromatic rings. The number of amides is 1. The van der Waals surface area contributed by atoms with Gasteiger partial charge in [-0.15, -0.1) is 11.3 Å². The number of sulfonamides is 1. The Morgan fingerprint density at radius 2 is 2.00 bits per heavy atom. The fourth-order valence-corrected chi connectivity index (χ4v) is 5.34. The Hall–Kier alpha value is -0.920. The first-order valence-electron chi connectivity index (χ1n) is 6.94. The van der Waals surface area contributed by atoms with E-state index in [2.05, 4.69) is 5.32 Å². The number of hydrogen-bond acceptors (Lipinski definition) is 4. The molecule has 1 N–H and O–H groups in total. The first-order chi connectivity index (χ1) is 9.55. The molecule has 2 aliphatic rings. The Morgan fingerprint density at radius 3 is 2.65 bits per heavy atom. The molecule has 0 radical (unpaired) electrons. The minimum Gasteiger partial charge on any atom is -0.353 e. The van der Waals surface area contributed by atoms with Gasteiger partial charge in [0.25, 0.3) is 10.0 Å². The quantitative estimate of drug-likeness (QED) is 0.892. The summed E-state index contributed by atoms with van der Waals surface area (Å²) in [5.41, 5.74) is 0. The molecule has 110 valence electrons. The Morgan fingerprint density at radius 1 is 1.30 bits per heavy atom. The van der Waals surface area contributed by atoms with E-state index in [-0.39, 0.29) is 12.3 Å². The Kier molecular flexibility index (Phi) is 3.83. The first-order valence-corrected chi connectivity index (χ1v) is 9.19. The maximum absolute atomic E-state index is 12.4. The minimum atomic E-state index is -3.34. The van der Waals surface area contributed by atoms with Crippen molar-refractivity contribution < 1.29 is 13.2 Å². The van der Waals surface area contributed by atoms with Crippen molar-refractivity contribution in [1.82, 2.24) is 9.62 Å². The van der Waals surface area contributed by atoms with Crippen LogP contribution in [-0.4, -0.2) is 37.8 Å². The molecule has 2 fully saturated rings.